The van der Waals surface area contributed by atoms with E-state index < -0.39 is 41.8 Å². The molecule has 2 rings (SSSR count). The lowest BCUT2D eigenvalue weighted by atomic mass is 9.87. The van der Waals surface area contributed by atoms with Gasteiger partial charge in [-0.25, -0.2) is 4.39 Å². The maximum Gasteiger partial charge on any atom is 0.427 e. The Hall–Kier alpha value is -3.31. The van der Waals surface area contributed by atoms with E-state index in [1.54, 1.807) is 0 Å². The monoisotopic (exact) mass is 508 g/mol. The van der Waals surface area contributed by atoms with E-state index in [0.29, 0.717) is 12.1 Å². The number of carbonyl (C=O) groups is 2. The summed E-state index contributed by atoms with van der Waals surface area (Å²) in [6.07, 6.45) is -14.0. The Morgan fingerprint density at radius 3 is 2.11 bits per heavy atom. The summed E-state index contributed by atoms with van der Waals surface area (Å²) in [7, 11) is 1.26. The van der Waals surface area contributed by atoms with Gasteiger partial charge in [0.1, 0.15) is 0 Å². The number of amides is 2. The summed E-state index contributed by atoms with van der Waals surface area (Å²) >= 11 is 0. The molecule has 2 N–H and O–H groups in total. The van der Waals surface area contributed by atoms with Crippen LogP contribution in [0.5, 0.6) is 5.75 Å². The standard InChI is InChI=1S/C23H23F7N2O3/c1-5-14-10-15(21(24,23(28,29)30)11-22(25,26)27)9-12(2)18(14)32-20(34)16-7-6-8-17(19(16)35-4)31-13(3)33/h6-10H,5,11H2,1-4H3,(H,31,33)(H,32,34). The number of hydrogen-bond acceptors (Lipinski definition) is 3. The van der Waals surface area contributed by atoms with E-state index in [4.69, 9.17) is 4.74 Å². The molecule has 2 aromatic rings. The summed E-state index contributed by atoms with van der Waals surface area (Å²) in [6.45, 7) is 3.98. The molecule has 2 aromatic carbocycles. The lowest BCUT2D eigenvalue weighted by molar-refractivity contribution is -0.273. The number of ether oxygens (including phenoxy) is 1. The Bertz CT molecular complexity index is 1110. The molecule has 0 aliphatic heterocycles. The molecule has 0 heterocycles. The lowest BCUT2D eigenvalue weighted by Gasteiger charge is -2.30. The van der Waals surface area contributed by atoms with Crippen molar-refractivity contribution in [3.63, 3.8) is 0 Å². The highest BCUT2D eigenvalue weighted by Crippen LogP contribution is 2.50. The number of halogens is 7. The fourth-order valence-corrected chi connectivity index (χ4v) is 3.59. The second-order valence-electron chi connectivity index (χ2n) is 7.79. The number of carbonyl (C=O) groups excluding carboxylic acids is 2. The van der Waals surface area contributed by atoms with Crippen LogP contribution in [0.15, 0.2) is 30.3 Å². The molecule has 35 heavy (non-hydrogen) atoms. The normalized spacial score (nSPS) is 13.7. The molecule has 12 heteroatoms. The van der Waals surface area contributed by atoms with Crippen molar-refractivity contribution in [3.8, 4) is 5.75 Å². The van der Waals surface area contributed by atoms with Crippen molar-refractivity contribution in [2.75, 3.05) is 17.7 Å². The van der Waals surface area contributed by atoms with Crippen LogP contribution in [0.4, 0.5) is 42.1 Å². The minimum absolute atomic E-state index is 0.00113. The van der Waals surface area contributed by atoms with Crippen LogP contribution in [0.1, 0.15) is 47.3 Å². The molecule has 0 radical (unpaired) electrons. The van der Waals surface area contributed by atoms with E-state index in [-0.39, 0.29) is 40.2 Å². The number of hydrogen-bond donors (Lipinski definition) is 2. The first-order chi connectivity index (χ1) is 16.0. The van der Waals surface area contributed by atoms with Crippen LogP contribution in [0.2, 0.25) is 0 Å². The first-order valence-electron chi connectivity index (χ1n) is 10.3. The Morgan fingerprint density at radius 2 is 1.63 bits per heavy atom. The van der Waals surface area contributed by atoms with Gasteiger partial charge < -0.3 is 15.4 Å². The van der Waals surface area contributed by atoms with Crippen LogP contribution in [0, 0.1) is 6.92 Å². The molecule has 0 fully saturated rings. The summed E-state index contributed by atoms with van der Waals surface area (Å²) < 4.78 is 99.0. The molecule has 5 nitrogen and oxygen atoms in total. The SMILES string of the molecule is CCc1cc(C(F)(CC(F)(F)F)C(F)(F)F)cc(C)c1NC(=O)c1cccc(NC(C)=O)c1OC. The zero-order valence-electron chi connectivity index (χ0n) is 19.2. The van der Waals surface area contributed by atoms with Gasteiger partial charge >= 0.3 is 12.4 Å². The first kappa shape index (κ1) is 27.9. The van der Waals surface area contributed by atoms with E-state index in [2.05, 4.69) is 10.6 Å². The number of anilines is 2. The van der Waals surface area contributed by atoms with Crippen molar-refractivity contribution in [2.45, 2.75) is 51.6 Å². The van der Waals surface area contributed by atoms with Gasteiger partial charge in [0.15, 0.2) is 5.75 Å². The fourth-order valence-electron chi connectivity index (χ4n) is 3.59. The molecule has 1 atom stereocenters. The Balaban J connectivity index is 2.55. The summed E-state index contributed by atoms with van der Waals surface area (Å²) in [6, 6.07) is 5.62. The van der Waals surface area contributed by atoms with Crippen LogP contribution < -0.4 is 15.4 Å². The first-order valence-corrected chi connectivity index (χ1v) is 10.3. The molecule has 0 spiro atoms. The molecule has 0 aliphatic rings. The minimum atomic E-state index is -5.83. The number of rotatable bonds is 7. The van der Waals surface area contributed by atoms with Gasteiger partial charge in [-0.3, -0.25) is 9.59 Å². The van der Waals surface area contributed by atoms with Crippen molar-refractivity contribution >= 4 is 23.2 Å². The highest BCUT2D eigenvalue weighted by molar-refractivity contribution is 6.08. The second kappa shape index (κ2) is 10.1. The van der Waals surface area contributed by atoms with Gasteiger partial charge in [-0.2, -0.15) is 26.3 Å². The van der Waals surface area contributed by atoms with Gasteiger partial charge in [0.2, 0.25) is 11.6 Å². The average Bonchev–Trinajstić information content (AvgIpc) is 2.72. The molecule has 192 valence electrons. The van der Waals surface area contributed by atoms with Gasteiger partial charge in [0, 0.05) is 12.6 Å². The minimum Gasteiger partial charge on any atom is -0.494 e. The Labute approximate surface area is 196 Å². The quantitative estimate of drug-likeness (QED) is 0.422. The van der Waals surface area contributed by atoms with E-state index in [1.807, 2.05) is 0 Å². The molecular formula is C23H23F7N2O3. The van der Waals surface area contributed by atoms with Crippen LogP contribution in [-0.4, -0.2) is 31.3 Å². The average molecular weight is 508 g/mol. The predicted octanol–water partition coefficient (Wildman–Crippen LogP) is 6.46. The second-order valence-corrected chi connectivity index (χ2v) is 7.79. The van der Waals surface area contributed by atoms with Gasteiger partial charge in [-0.1, -0.05) is 25.1 Å². The van der Waals surface area contributed by atoms with Crippen molar-refractivity contribution in [2.24, 2.45) is 0 Å². The molecule has 0 aliphatic carbocycles. The van der Waals surface area contributed by atoms with Crippen molar-refractivity contribution in [3.05, 3.63) is 52.6 Å². The van der Waals surface area contributed by atoms with E-state index in [9.17, 15) is 40.3 Å². The summed E-state index contributed by atoms with van der Waals surface area (Å²) in [5.41, 5.74) is -5.77. The molecule has 0 saturated heterocycles. The molecule has 2 amide bonds. The predicted molar refractivity (Wildman–Crippen MR) is 115 cm³/mol. The van der Waals surface area contributed by atoms with Crippen LogP contribution in [0.25, 0.3) is 0 Å². The number of aryl methyl sites for hydroxylation is 2. The van der Waals surface area contributed by atoms with Gasteiger partial charge in [0.05, 0.1) is 24.8 Å². The van der Waals surface area contributed by atoms with Crippen molar-refractivity contribution < 1.29 is 45.1 Å². The number of nitrogens with one attached hydrogen (secondary N) is 2. The maximum atomic E-state index is 14.9. The molecule has 0 aromatic heterocycles. The van der Waals surface area contributed by atoms with Crippen LogP contribution >= 0.6 is 0 Å². The molecular weight excluding hydrogens is 485 g/mol. The zero-order chi connectivity index (χ0) is 26.8. The third-order valence-corrected chi connectivity index (χ3v) is 5.16. The number of alkyl halides is 7. The lowest BCUT2D eigenvalue weighted by Crippen LogP contribution is -2.42. The van der Waals surface area contributed by atoms with Crippen LogP contribution in [-0.2, 0) is 16.9 Å². The summed E-state index contributed by atoms with van der Waals surface area (Å²) in [4.78, 5) is 24.4. The number of benzene rings is 2. The third-order valence-electron chi connectivity index (χ3n) is 5.16. The third kappa shape index (κ3) is 6.23. The number of methoxy groups -OCH3 is 1. The summed E-state index contributed by atoms with van der Waals surface area (Å²) in [5, 5.41) is 5.00. The Morgan fingerprint density at radius 1 is 1.00 bits per heavy atom. The van der Waals surface area contributed by atoms with Gasteiger partial charge in [-0.05, 0) is 42.2 Å². The Kier molecular flexibility index (Phi) is 8.08. The maximum absolute atomic E-state index is 14.9. The zero-order valence-corrected chi connectivity index (χ0v) is 19.2. The van der Waals surface area contributed by atoms with Gasteiger partial charge in [0.25, 0.3) is 5.91 Å². The van der Waals surface area contributed by atoms with Crippen molar-refractivity contribution in [1.29, 1.82) is 0 Å². The van der Waals surface area contributed by atoms with E-state index in [0.717, 1.165) is 0 Å². The largest absolute Gasteiger partial charge is 0.494 e. The number of para-hydroxylation sites is 1. The molecule has 0 bridgehead atoms. The highest BCUT2D eigenvalue weighted by Gasteiger charge is 2.62. The molecule has 0 saturated carbocycles. The summed E-state index contributed by atoms with van der Waals surface area (Å²) in [5.74, 6) is -1.19. The molecule has 1 unspecified atom stereocenters. The van der Waals surface area contributed by atoms with Gasteiger partial charge in [-0.15, -0.1) is 0 Å². The fraction of sp³-hybridized carbons (Fsp3) is 0.391. The topological polar surface area (TPSA) is 67.4 Å². The smallest absolute Gasteiger partial charge is 0.427 e. The highest BCUT2D eigenvalue weighted by atomic mass is 19.4. The van der Waals surface area contributed by atoms with Crippen LogP contribution in [0.3, 0.4) is 0 Å². The van der Waals surface area contributed by atoms with E-state index in [1.165, 1.54) is 46.1 Å². The van der Waals surface area contributed by atoms with E-state index >= 15 is 0 Å². The van der Waals surface area contributed by atoms with Crippen molar-refractivity contribution in [1.82, 2.24) is 0 Å².